The highest BCUT2D eigenvalue weighted by molar-refractivity contribution is 5.43. The van der Waals surface area contributed by atoms with Gasteiger partial charge < -0.3 is 19.9 Å². The Morgan fingerprint density at radius 1 is 1.04 bits per heavy atom. The summed E-state index contributed by atoms with van der Waals surface area (Å²) < 4.78 is 11.3. The van der Waals surface area contributed by atoms with Gasteiger partial charge in [-0.05, 0) is 68.1 Å². The maximum Gasteiger partial charge on any atom is 0.161 e. The third-order valence-corrected chi connectivity index (χ3v) is 6.30. The highest BCUT2D eigenvalue weighted by atomic mass is 16.6. The molecule has 1 aliphatic heterocycles. The molecule has 2 N–H and O–H groups in total. The molecule has 0 spiro atoms. The van der Waals surface area contributed by atoms with Crippen LogP contribution in [0, 0.1) is 11.8 Å². The number of aliphatic hydroxyl groups is 1. The van der Waals surface area contributed by atoms with Crippen LogP contribution < -0.4 is 14.8 Å². The van der Waals surface area contributed by atoms with Crippen molar-refractivity contribution in [3.63, 3.8) is 0 Å². The summed E-state index contributed by atoms with van der Waals surface area (Å²) in [6.07, 6.45) is 6.77. The van der Waals surface area contributed by atoms with E-state index in [1.54, 1.807) is 0 Å². The standard InChI is InChI=1S/C19H25NO3/c21-19-9-14-5-15(10-19)8-18(7-14,12-19)20-11-13-1-2-16-17(6-13)23-4-3-22-16/h1-2,6,14-15,20-21H,3-5,7-12H2/t14-,15-,18?,19?/m0/s1. The van der Waals surface area contributed by atoms with Gasteiger partial charge in [-0.15, -0.1) is 0 Å². The van der Waals surface area contributed by atoms with E-state index in [4.69, 9.17) is 9.47 Å². The van der Waals surface area contributed by atoms with Gasteiger partial charge in [-0.25, -0.2) is 0 Å². The van der Waals surface area contributed by atoms with Crippen molar-refractivity contribution in [3.8, 4) is 11.5 Å². The third kappa shape index (κ3) is 2.43. The molecule has 4 heteroatoms. The van der Waals surface area contributed by atoms with Crippen LogP contribution in [-0.2, 0) is 6.54 Å². The first-order valence-electron chi connectivity index (χ1n) is 8.98. The second-order valence-corrected chi connectivity index (χ2v) is 8.30. The van der Waals surface area contributed by atoms with Gasteiger partial charge in [-0.2, -0.15) is 0 Å². The summed E-state index contributed by atoms with van der Waals surface area (Å²) >= 11 is 0. The fourth-order valence-electron chi connectivity index (χ4n) is 5.91. The predicted octanol–water partition coefficient (Wildman–Crippen LogP) is 2.63. The molecule has 1 heterocycles. The number of hydrogen-bond acceptors (Lipinski definition) is 4. The quantitative estimate of drug-likeness (QED) is 0.900. The fourth-order valence-corrected chi connectivity index (χ4v) is 5.91. The van der Waals surface area contributed by atoms with Gasteiger partial charge in [0.1, 0.15) is 13.2 Å². The van der Waals surface area contributed by atoms with E-state index in [-0.39, 0.29) is 5.54 Å². The molecule has 0 saturated heterocycles. The lowest BCUT2D eigenvalue weighted by Crippen LogP contribution is -2.64. The molecule has 124 valence electrons. The van der Waals surface area contributed by atoms with Crippen LogP contribution >= 0.6 is 0 Å². The van der Waals surface area contributed by atoms with Crippen LogP contribution in [0.4, 0.5) is 0 Å². The van der Waals surface area contributed by atoms with Gasteiger partial charge in [-0.1, -0.05) is 6.07 Å². The van der Waals surface area contributed by atoms with Gasteiger partial charge >= 0.3 is 0 Å². The minimum absolute atomic E-state index is 0.145. The first-order valence-corrected chi connectivity index (χ1v) is 8.98. The lowest BCUT2D eigenvalue weighted by Gasteiger charge is -2.60. The van der Waals surface area contributed by atoms with Crippen molar-refractivity contribution >= 4 is 0 Å². The van der Waals surface area contributed by atoms with E-state index in [0.717, 1.165) is 37.3 Å². The second-order valence-electron chi connectivity index (χ2n) is 8.30. The van der Waals surface area contributed by atoms with Gasteiger partial charge in [0.15, 0.2) is 11.5 Å². The molecule has 0 amide bonds. The Morgan fingerprint density at radius 2 is 1.78 bits per heavy atom. The monoisotopic (exact) mass is 315 g/mol. The summed E-state index contributed by atoms with van der Waals surface area (Å²) in [7, 11) is 0. The SMILES string of the molecule is OC12C[C@H]3C[C@H](C1)CC(NCc1ccc4c(c1)OCCO4)(C3)C2. The first kappa shape index (κ1) is 14.1. The summed E-state index contributed by atoms with van der Waals surface area (Å²) in [5.41, 5.74) is 0.979. The zero-order chi connectivity index (χ0) is 15.5. The van der Waals surface area contributed by atoms with Crippen molar-refractivity contribution in [2.24, 2.45) is 11.8 Å². The average Bonchev–Trinajstić information content (AvgIpc) is 2.50. The summed E-state index contributed by atoms with van der Waals surface area (Å²) in [5, 5.41) is 14.7. The van der Waals surface area contributed by atoms with Crippen molar-refractivity contribution in [1.82, 2.24) is 5.32 Å². The Balaban J connectivity index is 1.33. The van der Waals surface area contributed by atoms with E-state index in [2.05, 4.69) is 17.4 Å². The van der Waals surface area contributed by atoms with Crippen molar-refractivity contribution in [3.05, 3.63) is 23.8 Å². The molecule has 0 aromatic heterocycles. The molecule has 2 atom stereocenters. The minimum atomic E-state index is -0.399. The maximum atomic E-state index is 10.8. The summed E-state index contributed by atoms with van der Waals surface area (Å²) in [6, 6.07) is 6.23. The van der Waals surface area contributed by atoms with Gasteiger partial charge in [-0.3, -0.25) is 0 Å². The van der Waals surface area contributed by atoms with Crippen molar-refractivity contribution in [1.29, 1.82) is 0 Å². The smallest absolute Gasteiger partial charge is 0.161 e. The minimum Gasteiger partial charge on any atom is -0.486 e. The summed E-state index contributed by atoms with van der Waals surface area (Å²) in [5.74, 6) is 3.15. The molecule has 4 aliphatic carbocycles. The molecule has 23 heavy (non-hydrogen) atoms. The van der Waals surface area contributed by atoms with Gasteiger partial charge in [0, 0.05) is 12.1 Å². The fraction of sp³-hybridized carbons (Fsp3) is 0.684. The van der Waals surface area contributed by atoms with Gasteiger partial charge in [0.05, 0.1) is 5.60 Å². The Morgan fingerprint density at radius 3 is 2.52 bits per heavy atom. The van der Waals surface area contributed by atoms with Crippen LogP contribution in [0.15, 0.2) is 18.2 Å². The van der Waals surface area contributed by atoms with Gasteiger partial charge in [0.25, 0.3) is 0 Å². The second kappa shape index (κ2) is 4.87. The van der Waals surface area contributed by atoms with Crippen LogP contribution in [0.1, 0.15) is 44.1 Å². The summed E-state index contributed by atoms with van der Waals surface area (Å²) in [4.78, 5) is 0. The van der Waals surface area contributed by atoms with E-state index >= 15 is 0 Å². The molecule has 0 radical (unpaired) electrons. The first-order chi connectivity index (χ1) is 11.1. The predicted molar refractivity (Wildman–Crippen MR) is 86.6 cm³/mol. The van der Waals surface area contributed by atoms with E-state index in [9.17, 15) is 5.11 Å². The highest BCUT2D eigenvalue weighted by Gasteiger charge is 2.56. The average molecular weight is 315 g/mol. The highest BCUT2D eigenvalue weighted by Crippen LogP contribution is 2.57. The molecule has 4 fully saturated rings. The molecule has 4 bridgehead atoms. The molecule has 0 unspecified atom stereocenters. The molecular weight excluding hydrogens is 290 g/mol. The molecule has 6 rings (SSSR count). The van der Waals surface area contributed by atoms with Crippen molar-refractivity contribution < 1.29 is 14.6 Å². The van der Waals surface area contributed by atoms with E-state index in [1.165, 1.54) is 24.8 Å². The molecule has 1 aromatic carbocycles. The number of nitrogens with one attached hydrogen (secondary N) is 1. The topological polar surface area (TPSA) is 50.7 Å². The largest absolute Gasteiger partial charge is 0.486 e. The van der Waals surface area contributed by atoms with Crippen molar-refractivity contribution in [2.45, 2.75) is 56.2 Å². The molecule has 5 aliphatic rings. The van der Waals surface area contributed by atoms with Crippen molar-refractivity contribution in [2.75, 3.05) is 13.2 Å². The van der Waals surface area contributed by atoms with Crippen LogP contribution in [0.5, 0.6) is 11.5 Å². The number of benzene rings is 1. The summed E-state index contributed by atoms with van der Waals surface area (Å²) in [6.45, 7) is 2.10. The molecule has 4 nitrogen and oxygen atoms in total. The third-order valence-electron chi connectivity index (χ3n) is 6.30. The molecule has 1 aromatic rings. The molecule has 4 saturated carbocycles. The van der Waals surface area contributed by atoms with Crippen LogP contribution in [0.3, 0.4) is 0 Å². The Kier molecular flexibility index (Phi) is 2.99. The number of rotatable bonds is 3. The number of ether oxygens (including phenoxy) is 2. The molecular formula is C19H25NO3. The van der Waals surface area contributed by atoms with Crippen LogP contribution in [0.25, 0.3) is 0 Å². The zero-order valence-corrected chi connectivity index (χ0v) is 13.5. The Labute approximate surface area is 137 Å². The normalized spacial score (nSPS) is 40.4. The van der Waals surface area contributed by atoms with Gasteiger partial charge in [0.2, 0.25) is 0 Å². The number of hydrogen-bond donors (Lipinski definition) is 2. The number of fused-ring (bicyclic) bond motifs is 1. The van der Waals surface area contributed by atoms with E-state index < -0.39 is 5.60 Å². The van der Waals surface area contributed by atoms with Crippen LogP contribution in [0.2, 0.25) is 0 Å². The van der Waals surface area contributed by atoms with E-state index in [1.807, 2.05) is 6.07 Å². The Hall–Kier alpha value is -1.26. The zero-order valence-electron chi connectivity index (χ0n) is 13.5. The van der Waals surface area contributed by atoms with Crippen LogP contribution in [-0.4, -0.2) is 29.5 Å². The maximum absolute atomic E-state index is 10.8. The van der Waals surface area contributed by atoms with E-state index in [0.29, 0.717) is 25.0 Å². The lowest BCUT2D eigenvalue weighted by molar-refractivity contribution is -0.142. The lowest BCUT2D eigenvalue weighted by atomic mass is 9.51. The Bertz CT molecular complexity index is 615.